The molecule has 2 unspecified atom stereocenters. The Kier molecular flexibility index (Phi) is 2.01. The van der Waals surface area contributed by atoms with E-state index in [1.807, 2.05) is 34.6 Å². The monoisotopic (exact) mass is 312 g/mol. The highest BCUT2D eigenvalue weighted by molar-refractivity contribution is 7.49. The topological polar surface area (TPSA) is 74.2 Å². The summed E-state index contributed by atoms with van der Waals surface area (Å²) in [6, 6.07) is 1.56. The van der Waals surface area contributed by atoms with Crippen LogP contribution >= 0.6 is 7.82 Å². The van der Waals surface area contributed by atoms with Crippen molar-refractivity contribution in [2.45, 2.75) is 45.8 Å². The Balaban J connectivity index is 2.15. The number of hydrogen-bond acceptors (Lipinski definition) is 6. The first-order chi connectivity index (χ1) is 9.51. The van der Waals surface area contributed by atoms with E-state index in [2.05, 4.69) is 0 Å². The van der Waals surface area contributed by atoms with E-state index < -0.39 is 24.4 Å². The second-order valence-corrected chi connectivity index (χ2v) is 8.36. The number of ether oxygens (including phenoxy) is 1. The molecule has 0 aromatic heterocycles. The molecule has 4 rings (SSSR count). The quantitative estimate of drug-likeness (QED) is 0.736. The Labute approximate surface area is 122 Å². The van der Waals surface area contributed by atoms with Crippen LogP contribution in [0.4, 0.5) is 0 Å². The maximum absolute atomic E-state index is 12.7. The molecule has 0 spiro atoms. The second-order valence-electron chi connectivity index (χ2n) is 6.92. The lowest BCUT2D eigenvalue weighted by Gasteiger charge is -2.58. The maximum Gasteiger partial charge on any atom is 0.588 e. The van der Waals surface area contributed by atoms with Gasteiger partial charge in [0.05, 0.1) is 5.56 Å². The Morgan fingerprint density at radius 1 is 1.10 bits per heavy atom. The average Bonchev–Trinajstić information content (AvgIpc) is 2.29. The van der Waals surface area contributed by atoms with Crippen LogP contribution in [0.15, 0.2) is 6.07 Å². The van der Waals surface area contributed by atoms with Crippen molar-refractivity contribution < 1.29 is 28.0 Å². The van der Waals surface area contributed by atoms with E-state index in [0.717, 1.165) is 0 Å². The summed E-state index contributed by atoms with van der Waals surface area (Å²) < 4.78 is 35.1. The maximum atomic E-state index is 12.7. The van der Waals surface area contributed by atoms with Gasteiger partial charge in [-0.15, -0.1) is 0 Å². The van der Waals surface area contributed by atoms with E-state index in [0.29, 0.717) is 11.3 Å². The number of rotatable bonds is 0. The summed E-state index contributed by atoms with van der Waals surface area (Å²) in [4.78, 5) is 0. The molecule has 0 saturated carbocycles. The molecule has 3 bridgehead atoms. The summed E-state index contributed by atoms with van der Waals surface area (Å²) in [5, 5.41) is 10.2. The van der Waals surface area contributed by atoms with E-state index in [1.54, 1.807) is 6.07 Å². The van der Waals surface area contributed by atoms with Crippen molar-refractivity contribution >= 4 is 7.82 Å². The third kappa shape index (κ3) is 1.27. The number of phosphoric ester groups is 1. The lowest BCUT2D eigenvalue weighted by Crippen LogP contribution is -2.61. The zero-order chi connectivity index (χ0) is 15.4. The summed E-state index contributed by atoms with van der Waals surface area (Å²) in [6.07, 6.45) is 0. The van der Waals surface area contributed by atoms with Gasteiger partial charge in [-0.1, -0.05) is 13.8 Å². The van der Waals surface area contributed by atoms with Gasteiger partial charge in [-0.05, 0) is 20.8 Å². The number of phenols is 1. The average molecular weight is 312 g/mol. The van der Waals surface area contributed by atoms with Crippen molar-refractivity contribution in [3.05, 3.63) is 11.6 Å². The summed E-state index contributed by atoms with van der Waals surface area (Å²) in [7, 11) is -3.79. The smallest absolute Gasteiger partial charge is 0.502 e. The molecule has 0 saturated heterocycles. The van der Waals surface area contributed by atoms with Crippen LogP contribution in [-0.2, 0) is 14.7 Å². The number of hydrogen-bond donors (Lipinski definition) is 1. The normalized spacial score (nSPS) is 36.4. The van der Waals surface area contributed by atoms with E-state index in [4.69, 9.17) is 18.3 Å². The lowest BCUT2D eigenvalue weighted by atomic mass is 9.61. The summed E-state index contributed by atoms with van der Waals surface area (Å²) in [5.41, 5.74) is -1.50. The molecule has 21 heavy (non-hydrogen) atoms. The lowest BCUT2D eigenvalue weighted by molar-refractivity contribution is -0.169. The molecule has 3 aliphatic heterocycles. The Bertz CT molecular complexity index is 737. The fourth-order valence-corrected chi connectivity index (χ4v) is 4.91. The molecule has 0 radical (unpaired) electrons. The van der Waals surface area contributed by atoms with Crippen molar-refractivity contribution in [3.63, 3.8) is 0 Å². The third-order valence-corrected chi connectivity index (χ3v) is 6.85. The van der Waals surface area contributed by atoms with Gasteiger partial charge in [0.15, 0.2) is 11.5 Å². The Morgan fingerprint density at radius 2 is 1.76 bits per heavy atom. The van der Waals surface area contributed by atoms with Gasteiger partial charge in [-0.25, -0.2) is 4.57 Å². The van der Waals surface area contributed by atoms with E-state index in [-0.39, 0.29) is 17.2 Å². The number of phosphoric acid groups is 1. The molecule has 7 heteroatoms. The van der Waals surface area contributed by atoms with Crippen molar-refractivity contribution in [2.75, 3.05) is 0 Å². The minimum Gasteiger partial charge on any atom is -0.502 e. The van der Waals surface area contributed by atoms with Crippen molar-refractivity contribution in [1.82, 2.24) is 0 Å². The first-order valence-electron chi connectivity index (χ1n) is 6.80. The van der Waals surface area contributed by atoms with E-state index in [1.165, 1.54) is 0 Å². The van der Waals surface area contributed by atoms with E-state index in [9.17, 15) is 9.67 Å². The Morgan fingerprint density at radius 3 is 2.43 bits per heavy atom. The molecule has 6 nitrogen and oxygen atoms in total. The number of benzene rings is 1. The first kappa shape index (κ1) is 13.3. The van der Waals surface area contributed by atoms with Crippen LogP contribution in [0.5, 0.6) is 23.0 Å². The molecule has 2 atom stereocenters. The third-order valence-electron chi connectivity index (χ3n) is 5.43. The Hall–Kier alpha value is -1.39. The number of phenolic OH excluding ortho intramolecular Hbond substituents is 1. The molecule has 0 fully saturated rings. The highest BCUT2D eigenvalue weighted by Gasteiger charge is 2.67. The van der Waals surface area contributed by atoms with Gasteiger partial charge in [-0.3, -0.25) is 4.52 Å². The van der Waals surface area contributed by atoms with Crippen LogP contribution in [0.1, 0.15) is 40.2 Å². The van der Waals surface area contributed by atoms with Crippen molar-refractivity contribution in [2.24, 2.45) is 5.41 Å². The standard InChI is InChI=1S/C14H17O6P/c1-12(2)13(3,4)17-7-6-8-10(15)11-9(7)14(12,5)20-21(16,18-8)19-11/h6,15H,1-5H3. The largest absolute Gasteiger partial charge is 0.588 e. The van der Waals surface area contributed by atoms with Crippen molar-refractivity contribution in [1.29, 1.82) is 0 Å². The highest BCUT2D eigenvalue weighted by atomic mass is 31.2. The summed E-state index contributed by atoms with van der Waals surface area (Å²) in [5.74, 6) is 0.578. The number of aromatic hydroxyl groups is 1. The molecule has 0 aliphatic carbocycles. The molecular weight excluding hydrogens is 295 g/mol. The summed E-state index contributed by atoms with van der Waals surface area (Å²) >= 11 is 0. The minimum atomic E-state index is -3.79. The van der Waals surface area contributed by atoms with Gasteiger partial charge in [0.25, 0.3) is 0 Å². The van der Waals surface area contributed by atoms with E-state index >= 15 is 0 Å². The molecule has 3 heterocycles. The van der Waals surface area contributed by atoms with Gasteiger partial charge in [-0.2, -0.15) is 0 Å². The molecule has 0 amide bonds. The molecule has 1 N–H and O–H groups in total. The fourth-order valence-electron chi connectivity index (χ4n) is 3.25. The van der Waals surface area contributed by atoms with Gasteiger partial charge < -0.3 is 18.9 Å². The zero-order valence-electron chi connectivity index (χ0n) is 12.5. The van der Waals surface area contributed by atoms with Crippen molar-refractivity contribution in [3.8, 4) is 23.0 Å². The van der Waals surface area contributed by atoms with Crippen LogP contribution in [0, 0.1) is 5.41 Å². The zero-order valence-corrected chi connectivity index (χ0v) is 13.4. The SMILES string of the molecule is CC1(C)Oc2cc3c(O)c4c2C(C)(OP(=O)(O3)O4)C1(C)C. The predicted molar refractivity (Wildman–Crippen MR) is 73.9 cm³/mol. The van der Waals surface area contributed by atoms with Crippen LogP contribution in [0.25, 0.3) is 0 Å². The summed E-state index contributed by atoms with van der Waals surface area (Å²) in [6.45, 7) is 9.70. The minimum absolute atomic E-state index is 0.0656. The van der Waals surface area contributed by atoms with Crippen LogP contribution < -0.4 is 13.8 Å². The van der Waals surface area contributed by atoms with Gasteiger partial charge in [0, 0.05) is 11.5 Å². The highest BCUT2D eigenvalue weighted by Crippen LogP contribution is 2.75. The molecule has 3 aliphatic rings. The molecule has 1 aromatic rings. The second kappa shape index (κ2) is 3.18. The van der Waals surface area contributed by atoms with Crippen LogP contribution in [0.3, 0.4) is 0 Å². The van der Waals surface area contributed by atoms with Crippen LogP contribution in [0.2, 0.25) is 0 Å². The van der Waals surface area contributed by atoms with Gasteiger partial charge in [0.1, 0.15) is 17.0 Å². The van der Waals surface area contributed by atoms with Gasteiger partial charge in [0.2, 0.25) is 5.75 Å². The molecular formula is C14H17O6P. The number of fused-ring (bicyclic) bond motifs is 2. The first-order valence-corrected chi connectivity index (χ1v) is 8.26. The fraction of sp³-hybridized carbons (Fsp3) is 0.571. The molecule has 1 aromatic carbocycles. The van der Waals surface area contributed by atoms with Crippen LogP contribution in [-0.4, -0.2) is 10.7 Å². The predicted octanol–water partition coefficient (Wildman–Crippen LogP) is 3.71. The van der Waals surface area contributed by atoms with Gasteiger partial charge >= 0.3 is 7.82 Å². The molecule has 114 valence electrons.